The molecule has 1 atom stereocenters. The zero-order chi connectivity index (χ0) is 16.4. The predicted octanol–water partition coefficient (Wildman–Crippen LogP) is 3.88. The summed E-state index contributed by atoms with van der Waals surface area (Å²) in [5, 5.41) is 4.06. The third kappa shape index (κ3) is 3.01. The number of para-hydroxylation sites is 2. The van der Waals surface area contributed by atoms with Gasteiger partial charge < -0.3 is 14.8 Å². The molecule has 2 N–H and O–H groups in total. The van der Waals surface area contributed by atoms with E-state index in [9.17, 15) is 0 Å². The molecule has 0 radical (unpaired) electrons. The number of hydrogen-bond donors (Lipinski definition) is 1. The van der Waals surface area contributed by atoms with E-state index in [4.69, 9.17) is 15.2 Å². The van der Waals surface area contributed by atoms with E-state index in [0.29, 0.717) is 6.54 Å². The highest BCUT2D eigenvalue weighted by Crippen LogP contribution is 2.25. The lowest BCUT2D eigenvalue weighted by Gasteiger charge is -2.14. The topological polar surface area (TPSA) is 69.9 Å². The molecule has 0 saturated heterocycles. The van der Waals surface area contributed by atoms with Crippen molar-refractivity contribution in [1.82, 2.24) is 14.7 Å². The summed E-state index contributed by atoms with van der Waals surface area (Å²) in [6, 6.07) is 8.13. The summed E-state index contributed by atoms with van der Waals surface area (Å²) < 4.78 is 7.52. The first-order valence-electron chi connectivity index (χ1n) is 8.24. The number of nitrogens with zero attached hydrogens (tertiary/aromatic N) is 3. The molecule has 2 aromatic heterocycles. The summed E-state index contributed by atoms with van der Waals surface area (Å²) in [6.45, 7) is 6.79. The highest BCUT2D eigenvalue weighted by atomic mass is 16.5. The van der Waals surface area contributed by atoms with E-state index in [1.54, 1.807) is 0 Å². The Morgan fingerprint density at radius 2 is 2.04 bits per heavy atom. The van der Waals surface area contributed by atoms with Crippen molar-refractivity contribution >= 4 is 11.0 Å². The van der Waals surface area contributed by atoms with E-state index < -0.39 is 0 Å². The second-order valence-corrected chi connectivity index (χ2v) is 6.10. The van der Waals surface area contributed by atoms with Gasteiger partial charge in [0.15, 0.2) is 0 Å². The maximum absolute atomic E-state index is 6.43. The van der Waals surface area contributed by atoms with Gasteiger partial charge in [-0.2, -0.15) is 0 Å². The van der Waals surface area contributed by atoms with Gasteiger partial charge in [0.2, 0.25) is 0 Å². The number of fused-ring (bicyclic) bond motifs is 1. The average molecular weight is 312 g/mol. The van der Waals surface area contributed by atoms with Crippen LogP contribution in [0.3, 0.4) is 0 Å². The Hall–Kier alpha value is -2.14. The highest BCUT2D eigenvalue weighted by Gasteiger charge is 2.19. The summed E-state index contributed by atoms with van der Waals surface area (Å²) in [4.78, 5) is 4.79. The molecule has 0 bridgehead atoms. The van der Waals surface area contributed by atoms with Crippen LogP contribution < -0.4 is 5.73 Å². The van der Waals surface area contributed by atoms with Crippen molar-refractivity contribution < 1.29 is 4.52 Å². The second-order valence-electron chi connectivity index (χ2n) is 6.10. The molecule has 3 rings (SSSR count). The maximum Gasteiger partial charge on any atom is 0.138 e. The molecule has 0 aliphatic carbocycles. The lowest BCUT2D eigenvalue weighted by molar-refractivity contribution is 0.392. The van der Waals surface area contributed by atoms with Gasteiger partial charge in [0, 0.05) is 5.56 Å². The van der Waals surface area contributed by atoms with Gasteiger partial charge >= 0.3 is 0 Å². The molecule has 0 aliphatic rings. The lowest BCUT2D eigenvalue weighted by Crippen LogP contribution is -2.17. The second kappa shape index (κ2) is 6.54. The fourth-order valence-corrected chi connectivity index (χ4v) is 2.98. The van der Waals surface area contributed by atoms with Crippen molar-refractivity contribution in [2.24, 2.45) is 5.73 Å². The standard InChI is InChI=1S/C18H24N4O/c1-4-5-8-15(19)18-20-16-9-6-7-10-17(16)22(18)11-14-12(2)21-23-13(14)3/h6-7,9-10,15H,4-5,8,11,19H2,1-3H3. The average Bonchev–Trinajstić information content (AvgIpc) is 3.08. The molecule has 1 unspecified atom stereocenters. The van der Waals surface area contributed by atoms with Crippen molar-refractivity contribution in [3.05, 3.63) is 47.1 Å². The van der Waals surface area contributed by atoms with Crippen LogP contribution in [0.5, 0.6) is 0 Å². The molecule has 0 saturated carbocycles. The predicted molar refractivity (Wildman–Crippen MR) is 91.3 cm³/mol. The van der Waals surface area contributed by atoms with Crippen LogP contribution in [0.2, 0.25) is 0 Å². The van der Waals surface area contributed by atoms with E-state index in [1.807, 2.05) is 32.0 Å². The zero-order valence-corrected chi connectivity index (χ0v) is 14.0. The monoisotopic (exact) mass is 312 g/mol. The van der Waals surface area contributed by atoms with E-state index in [0.717, 1.165) is 53.1 Å². The fourth-order valence-electron chi connectivity index (χ4n) is 2.98. The number of unbranched alkanes of at least 4 members (excludes halogenated alkanes) is 1. The Kier molecular flexibility index (Phi) is 4.48. The number of nitrogens with two attached hydrogens (primary N) is 1. The molecular weight excluding hydrogens is 288 g/mol. The van der Waals surface area contributed by atoms with Crippen LogP contribution in [0, 0.1) is 13.8 Å². The SMILES string of the molecule is CCCCC(N)c1nc2ccccc2n1Cc1c(C)noc1C. The van der Waals surface area contributed by atoms with Gasteiger partial charge in [-0.15, -0.1) is 0 Å². The molecule has 5 heteroatoms. The van der Waals surface area contributed by atoms with Crippen LogP contribution in [-0.2, 0) is 6.54 Å². The van der Waals surface area contributed by atoms with E-state index >= 15 is 0 Å². The largest absolute Gasteiger partial charge is 0.361 e. The Morgan fingerprint density at radius 1 is 1.26 bits per heavy atom. The molecule has 5 nitrogen and oxygen atoms in total. The number of rotatable bonds is 6. The quantitative estimate of drug-likeness (QED) is 0.750. The van der Waals surface area contributed by atoms with Crippen molar-refractivity contribution in [2.75, 3.05) is 0 Å². The Balaban J connectivity index is 2.05. The Labute approximate surface area is 136 Å². The molecular formula is C18H24N4O. The number of hydrogen-bond acceptors (Lipinski definition) is 4. The van der Waals surface area contributed by atoms with Gasteiger partial charge in [0.1, 0.15) is 11.6 Å². The van der Waals surface area contributed by atoms with Crippen LogP contribution in [0.1, 0.15) is 55.1 Å². The van der Waals surface area contributed by atoms with Crippen LogP contribution in [-0.4, -0.2) is 14.7 Å². The minimum Gasteiger partial charge on any atom is -0.361 e. The van der Waals surface area contributed by atoms with Crippen molar-refractivity contribution in [3.8, 4) is 0 Å². The van der Waals surface area contributed by atoms with Crippen LogP contribution in [0.15, 0.2) is 28.8 Å². The van der Waals surface area contributed by atoms with Crippen molar-refractivity contribution in [3.63, 3.8) is 0 Å². The van der Waals surface area contributed by atoms with E-state index in [2.05, 4.69) is 22.7 Å². The molecule has 3 aromatic rings. The van der Waals surface area contributed by atoms with Gasteiger partial charge in [-0.25, -0.2) is 4.98 Å². The number of benzene rings is 1. The molecule has 0 fully saturated rings. The molecule has 0 spiro atoms. The van der Waals surface area contributed by atoms with E-state index in [1.165, 1.54) is 0 Å². The summed E-state index contributed by atoms with van der Waals surface area (Å²) in [5.74, 6) is 1.80. The third-order valence-electron chi connectivity index (χ3n) is 4.38. The fraction of sp³-hybridized carbons (Fsp3) is 0.444. The van der Waals surface area contributed by atoms with Gasteiger partial charge in [-0.05, 0) is 32.4 Å². The molecule has 0 amide bonds. The summed E-state index contributed by atoms with van der Waals surface area (Å²) in [5.41, 5.74) is 10.6. The first-order valence-corrected chi connectivity index (χ1v) is 8.24. The number of aromatic nitrogens is 3. The minimum absolute atomic E-state index is 0.0529. The highest BCUT2D eigenvalue weighted by molar-refractivity contribution is 5.76. The van der Waals surface area contributed by atoms with Gasteiger partial charge in [0.05, 0.1) is 29.3 Å². The first kappa shape index (κ1) is 15.7. The van der Waals surface area contributed by atoms with Gasteiger partial charge in [-0.3, -0.25) is 0 Å². The molecule has 23 heavy (non-hydrogen) atoms. The van der Waals surface area contributed by atoms with Crippen LogP contribution in [0.25, 0.3) is 11.0 Å². The van der Waals surface area contributed by atoms with E-state index in [-0.39, 0.29) is 6.04 Å². The summed E-state index contributed by atoms with van der Waals surface area (Å²) in [7, 11) is 0. The lowest BCUT2D eigenvalue weighted by atomic mass is 10.1. The van der Waals surface area contributed by atoms with Gasteiger partial charge in [-0.1, -0.05) is 37.1 Å². The number of imidazole rings is 1. The minimum atomic E-state index is -0.0529. The Morgan fingerprint density at radius 3 is 2.74 bits per heavy atom. The van der Waals surface area contributed by atoms with Crippen LogP contribution in [0.4, 0.5) is 0 Å². The normalized spacial score (nSPS) is 12.9. The molecule has 122 valence electrons. The Bertz CT molecular complexity index is 783. The molecule has 1 aromatic carbocycles. The first-order chi connectivity index (χ1) is 11.1. The molecule has 0 aliphatic heterocycles. The number of aryl methyl sites for hydroxylation is 2. The summed E-state index contributed by atoms with van der Waals surface area (Å²) >= 11 is 0. The van der Waals surface area contributed by atoms with Crippen LogP contribution >= 0.6 is 0 Å². The maximum atomic E-state index is 6.43. The molecule has 2 heterocycles. The van der Waals surface area contributed by atoms with Crippen molar-refractivity contribution in [2.45, 2.75) is 52.6 Å². The van der Waals surface area contributed by atoms with Crippen molar-refractivity contribution in [1.29, 1.82) is 0 Å². The zero-order valence-electron chi connectivity index (χ0n) is 14.0. The smallest absolute Gasteiger partial charge is 0.138 e. The third-order valence-corrected chi connectivity index (χ3v) is 4.38. The van der Waals surface area contributed by atoms with Gasteiger partial charge in [0.25, 0.3) is 0 Å². The summed E-state index contributed by atoms with van der Waals surface area (Å²) in [6.07, 6.45) is 3.19.